The van der Waals surface area contributed by atoms with E-state index in [1.807, 2.05) is 0 Å². The van der Waals surface area contributed by atoms with E-state index in [1.165, 1.54) is 22.3 Å². The maximum Gasteiger partial charge on any atom is 0.220 e. The summed E-state index contributed by atoms with van der Waals surface area (Å²) in [7, 11) is 0. The Balaban J connectivity index is 2.39. The molecule has 0 aliphatic carbocycles. The highest BCUT2D eigenvalue weighted by molar-refractivity contribution is 5.80. The summed E-state index contributed by atoms with van der Waals surface area (Å²) in [5.41, 5.74) is 5.31. The zero-order valence-corrected chi connectivity index (χ0v) is 11.1. The van der Waals surface area contributed by atoms with Gasteiger partial charge >= 0.3 is 0 Å². The number of carbonyl (C=O) groups is 1. The maximum absolute atomic E-state index is 11.5. The van der Waals surface area contributed by atoms with Crippen LogP contribution < -0.4 is 5.32 Å². The fourth-order valence-corrected chi connectivity index (χ4v) is 2.80. The van der Waals surface area contributed by atoms with Crippen LogP contribution in [0.5, 0.6) is 0 Å². The van der Waals surface area contributed by atoms with Gasteiger partial charge in [-0.05, 0) is 49.4 Å². The summed E-state index contributed by atoms with van der Waals surface area (Å²) in [5, 5.41) is 3.07. The Bertz CT molecular complexity index is 450. The maximum atomic E-state index is 11.5. The third-order valence-corrected chi connectivity index (χ3v) is 3.96. The SMILES string of the molecule is CCC1NC(=O)CC1c1cc(C)c(C)cc1C. The molecule has 2 nitrogen and oxygen atoms in total. The lowest BCUT2D eigenvalue weighted by molar-refractivity contribution is -0.119. The first-order chi connectivity index (χ1) is 8.02. The van der Waals surface area contributed by atoms with Crippen molar-refractivity contribution in [3.05, 3.63) is 34.4 Å². The quantitative estimate of drug-likeness (QED) is 0.833. The molecule has 1 aromatic carbocycles. The molecule has 1 aromatic rings. The van der Waals surface area contributed by atoms with Gasteiger partial charge in [0.15, 0.2) is 0 Å². The largest absolute Gasteiger partial charge is 0.353 e. The van der Waals surface area contributed by atoms with Crippen LogP contribution in [-0.4, -0.2) is 11.9 Å². The lowest BCUT2D eigenvalue weighted by Gasteiger charge is -2.20. The van der Waals surface area contributed by atoms with E-state index in [4.69, 9.17) is 0 Å². The molecule has 1 aliphatic rings. The summed E-state index contributed by atoms with van der Waals surface area (Å²) in [5.74, 6) is 0.547. The van der Waals surface area contributed by atoms with Gasteiger partial charge in [0.2, 0.25) is 5.91 Å². The summed E-state index contributed by atoms with van der Waals surface area (Å²) in [6, 6.07) is 4.81. The topological polar surface area (TPSA) is 29.1 Å². The van der Waals surface area contributed by atoms with Crippen LogP contribution in [0.2, 0.25) is 0 Å². The number of hydrogen-bond acceptors (Lipinski definition) is 1. The second-order valence-electron chi connectivity index (χ2n) is 5.19. The molecule has 1 amide bonds. The lowest BCUT2D eigenvalue weighted by atomic mass is 9.86. The zero-order valence-electron chi connectivity index (χ0n) is 11.1. The average Bonchev–Trinajstić information content (AvgIpc) is 2.64. The molecule has 1 aliphatic heterocycles. The van der Waals surface area contributed by atoms with Gasteiger partial charge in [-0.2, -0.15) is 0 Å². The van der Waals surface area contributed by atoms with Crippen molar-refractivity contribution in [2.75, 3.05) is 0 Å². The molecule has 2 rings (SSSR count). The van der Waals surface area contributed by atoms with E-state index in [-0.39, 0.29) is 5.91 Å². The molecule has 1 saturated heterocycles. The molecule has 2 atom stereocenters. The summed E-state index contributed by atoms with van der Waals surface area (Å²) in [6.07, 6.45) is 1.64. The highest BCUT2D eigenvalue weighted by Crippen LogP contribution is 2.33. The van der Waals surface area contributed by atoms with Crippen molar-refractivity contribution in [3.8, 4) is 0 Å². The molecule has 1 N–H and O–H groups in total. The fraction of sp³-hybridized carbons (Fsp3) is 0.533. The first-order valence-corrected chi connectivity index (χ1v) is 6.40. The van der Waals surface area contributed by atoms with Crippen LogP contribution in [0.25, 0.3) is 0 Å². The van der Waals surface area contributed by atoms with E-state index < -0.39 is 0 Å². The number of aryl methyl sites for hydroxylation is 3. The molecular weight excluding hydrogens is 210 g/mol. The Morgan fingerprint density at radius 2 is 1.82 bits per heavy atom. The predicted octanol–water partition coefficient (Wildman–Crippen LogP) is 2.99. The minimum Gasteiger partial charge on any atom is -0.353 e. The standard InChI is InChI=1S/C15H21NO/c1-5-14-13(8-15(17)16-14)12-7-10(3)9(2)6-11(12)4/h6-7,13-14H,5,8H2,1-4H3,(H,16,17). The van der Waals surface area contributed by atoms with Gasteiger partial charge in [-0.3, -0.25) is 4.79 Å². The number of amides is 1. The van der Waals surface area contributed by atoms with Crippen molar-refractivity contribution in [2.24, 2.45) is 0 Å². The third-order valence-electron chi connectivity index (χ3n) is 3.96. The zero-order chi connectivity index (χ0) is 12.6. The lowest BCUT2D eigenvalue weighted by Crippen LogP contribution is -2.27. The van der Waals surface area contributed by atoms with E-state index in [0.29, 0.717) is 18.4 Å². The fourth-order valence-electron chi connectivity index (χ4n) is 2.80. The Morgan fingerprint density at radius 1 is 1.18 bits per heavy atom. The Hall–Kier alpha value is -1.31. The van der Waals surface area contributed by atoms with Gasteiger partial charge < -0.3 is 5.32 Å². The van der Waals surface area contributed by atoms with E-state index in [9.17, 15) is 4.79 Å². The normalized spacial score (nSPS) is 23.9. The van der Waals surface area contributed by atoms with E-state index >= 15 is 0 Å². The van der Waals surface area contributed by atoms with Crippen molar-refractivity contribution in [1.29, 1.82) is 0 Å². The van der Waals surface area contributed by atoms with Crippen molar-refractivity contribution in [1.82, 2.24) is 5.32 Å². The summed E-state index contributed by atoms with van der Waals surface area (Å²) < 4.78 is 0. The molecule has 0 bridgehead atoms. The van der Waals surface area contributed by atoms with Gasteiger partial charge in [0.05, 0.1) is 0 Å². The third kappa shape index (κ3) is 2.21. The van der Waals surface area contributed by atoms with Crippen LogP contribution in [0.15, 0.2) is 12.1 Å². The summed E-state index contributed by atoms with van der Waals surface area (Å²) in [4.78, 5) is 11.5. The number of benzene rings is 1. The molecule has 0 radical (unpaired) electrons. The van der Waals surface area contributed by atoms with Gasteiger partial charge in [-0.15, -0.1) is 0 Å². The number of hydrogen-bond donors (Lipinski definition) is 1. The van der Waals surface area contributed by atoms with Crippen LogP contribution >= 0.6 is 0 Å². The molecule has 0 aromatic heterocycles. The minimum absolute atomic E-state index is 0.194. The number of nitrogens with one attached hydrogen (secondary N) is 1. The van der Waals surface area contributed by atoms with Crippen molar-refractivity contribution in [3.63, 3.8) is 0 Å². The minimum atomic E-state index is 0.194. The van der Waals surface area contributed by atoms with Crippen molar-refractivity contribution >= 4 is 5.91 Å². The van der Waals surface area contributed by atoms with Gasteiger partial charge in [0.25, 0.3) is 0 Å². The molecule has 2 heteroatoms. The van der Waals surface area contributed by atoms with Crippen LogP contribution in [0.3, 0.4) is 0 Å². The smallest absolute Gasteiger partial charge is 0.220 e. The Labute approximate surface area is 103 Å². The Kier molecular flexibility index (Phi) is 3.23. The predicted molar refractivity (Wildman–Crippen MR) is 70.2 cm³/mol. The molecule has 92 valence electrons. The molecule has 17 heavy (non-hydrogen) atoms. The molecule has 0 saturated carbocycles. The van der Waals surface area contributed by atoms with E-state index in [0.717, 1.165) is 6.42 Å². The van der Waals surface area contributed by atoms with Gasteiger partial charge in [0, 0.05) is 18.4 Å². The van der Waals surface area contributed by atoms with Gasteiger partial charge in [-0.25, -0.2) is 0 Å². The van der Waals surface area contributed by atoms with Gasteiger partial charge in [0.1, 0.15) is 0 Å². The van der Waals surface area contributed by atoms with E-state index in [1.54, 1.807) is 0 Å². The second-order valence-corrected chi connectivity index (χ2v) is 5.19. The monoisotopic (exact) mass is 231 g/mol. The first kappa shape index (κ1) is 12.2. The van der Waals surface area contributed by atoms with Crippen LogP contribution in [0.1, 0.15) is 47.9 Å². The van der Waals surface area contributed by atoms with E-state index in [2.05, 4.69) is 45.1 Å². The summed E-state index contributed by atoms with van der Waals surface area (Å²) in [6.45, 7) is 8.57. The summed E-state index contributed by atoms with van der Waals surface area (Å²) >= 11 is 0. The van der Waals surface area contributed by atoms with Gasteiger partial charge in [-0.1, -0.05) is 19.1 Å². The van der Waals surface area contributed by atoms with Crippen LogP contribution in [0, 0.1) is 20.8 Å². The van der Waals surface area contributed by atoms with Crippen molar-refractivity contribution < 1.29 is 4.79 Å². The Morgan fingerprint density at radius 3 is 2.47 bits per heavy atom. The van der Waals surface area contributed by atoms with Crippen LogP contribution in [-0.2, 0) is 4.79 Å². The molecular formula is C15H21NO. The number of carbonyl (C=O) groups excluding carboxylic acids is 1. The van der Waals surface area contributed by atoms with Crippen LogP contribution in [0.4, 0.5) is 0 Å². The highest BCUT2D eigenvalue weighted by atomic mass is 16.2. The average molecular weight is 231 g/mol. The molecule has 1 heterocycles. The second kappa shape index (κ2) is 4.52. The molecule has 1 fully saturated rings. The van der Waals surface area contributed by atoms with Crippen molar-refractivity contribution in [2.45, 2.75) is 52.5 Å². The molecule has 2 unspecified atom stereocenters. The molecule has 0 spiro atoms. The first-order valence-electron chi connectivity index (χ1n) is 6.40. The highest BCUT2D eigenvalue weighted by Gasteiger charge is 2.32. The number of rotatable bonds is 2.